The van der Waals surface area contributed by atoms with Crippen molar-refractivity contribution in [1.82, 2.24) is 4.90 Å². The summed E-state index contributed by atoms with van der Waals surface area (Å²) in [5, 5.41) is 0. The smallest absolute Gasteiger partial charge is 0.194 e. The second-order valence-electron chi connectivity index (χ2n) is 5.67. The lowest BCUT2D eigenvalue weighted by atomic mass is 9.86. The predicted molar refractivity (Wildman–Crippen MR) is 77.9 cm³/mol. The van der Waals surface area contributed by atoms with Gasteiger partial charge in [-0.25, -0.2) is 0 Å². The number of nitrogens with zero attached hydrogens (tertiary/aromatic N) is 2. The minimum atomic E-state index is 0.0682. The van der Waals surface area contributed by atoms with Crippen molar-refractivity contribution in [3.05, 3.63) is 23.0 Å². The highest BCUT2D eigenvalue weighted by molar-refractivity contribution is 6.28. The fourth-order valence-electron chi connectivity index (χ4n) is 2.47. The fraction of sp³-hybridized carbons (Fsp3) is 0.600. The molecule has 0 amide bonds. The molecule has 0 spiro atoms. The van der Waals surface area contributed by atoms with Gasteiger partial charge < -0.3 is 10.6 Å². The highest BCUT2D eigenvalue weighted by atomic mass is 16.1. The second-order valence-corrected chi connectivity index (χ2v) is 5.67. The quantitative estimate of drug-likeness (QED) is 0.621. The van der Waals surface area contributed by atoms with Gasteiger partial charge in [-0.3, -0.25) is 9.79 Å². The summed E-state index contributed by atoms with van der Waals surface area (Å²) in [6.45, 7) is 0. The van der Waals surface area contributed by atoms with Crippen molar-refractivity contribution >= 4 is 11.5 Å². The summed E-state index contributed by atoms with van der Waals surface area (Å²) in [5.41, 5.74) is 9.19. The molecule has 2 aliphatic rings. The first kappa shape index (κ1) is 13.8. The van der Waals surface area contributed by atoms with Gasteiger partial charge in [0.05, 0.1) is 5.57 Å². The highest BCUT2D eigenvalue weighted by Crippen LogP contribution is 2.35. The zero-order chi connectivity index (χ0) is 14.0. The molecular weight excluding hydrogens is 238 g/mol. The molecule has 0 atom stereocenters. The highest BCUT2D eigenvalue weighted by Gasteiger charge is 2.31. The fourth-order valence-corrected chi connectivity index (χ4v) is 2.47. The summed E-state index contributed by atoms with van der Waals surface area (Å²) in [5.74, 6) is 0.772. The van der Waals surface area contributed by atoms with Crippen LogP contribution in [0.2, 0.25) is 0 Å². The van der Waals surface area contributed by atoms with Crippen molar-refractivity contribution in [2.75, 3.05) is 21.1 Å². The lowest BCUT2D eigenvalue weighted by Gasteiger charge is -2.21. The van der Waals surface area contributed by atoms with Crippen LogP contribution in [0.3, 0.4) is 0 Å². The van der Waals surface area contributed by atoms with Crippen molar-refractivity contribution in [1.29, 1.82) is 0 Å². The number of hydrogen-bond donors (Lipinski definition) is 1. The summed E-state index contributed by atoms with van der Waals surface area (Å²) in [6.07, 6.45) is 6.78. The van der Waals surface area contributed by atoms with Gasteiger partial charge in [-0.2, -0.15) is 0 Å². The molecule has 0 saturated heterocycles. The summed E-state index contributed by atoms with van der Waals surface area (Å²) >= 11 is 0. The maximum atomic E-state index is 12.6. The zero-order valence-corrected chi connectivity index (χ0v) is 12.1. The molecule has 0 unspecified atom stereocenters. The minimum Gasteiger partial charge on any atom is -0.401 e. The van der Waals surface area contributed by atoms with E-state index in [1.807, 2.05) is 25.2 Å². The molecule has 0 aromatic carbocycles. The second kappa shape index (κ2) is 5.59. The first-order valence-corrected chi connectivity index (χ1v) is 6.89. The number of aliphatic imine (C=N–C) groups is 1. The first-order valence-electron chi connectivity index (χ1n) is 6.89. The van der Waals surface area contributed by atoms with E-state index in [0.29, 0.717) is 17.2 Å². The molecule has 104 valence electrons. The number of nitrogens with two attached hydrogens (primary N) is 1. The molecule has 1 saturated carbocycles. The third-order valence-corrected chi connectivity index (χ3v) is 3.65. The maximum Gasteiger partial charge on any atom is 0.194 e. The number of rotatable bonds is 4. The van der Waals surface area contributed by atoms with Crippen LogP contribution >= 0.6 is 0 Å². The van der Waals surface area contributed by atoms with E-state index in [-0.39, 0.29) is 5.78 Å². The Labute approximate surface area is 115 Å². The molecule has 4 nitrogen and oxygen atoms in total. The normalized spacial score (nSPS) is 23.2. The topological polar surface area (TPSA) is 58.7 Å². The van der Waals surface area contributed by atoms with Crippen LogP contribution in [-0.2, 0) is 4.79 Å². The SMILES string of the molecule is CN=C(CC1CC1)C1=C(N)CC/C(=C\N(C)C)C1=O. The van der Waals surface area contributed by atoms with Crippen molar-refractivity contribution in [2.45, 2.75) is 32.1 Å². The zero-order valence-electron chi connectivity index (χ0n) is 12.1. The van der Waals surface area contributed by atoms with Crippen LogP contribution in [0.25, 0.3) is 0 Å². The van der Waals surface area contributed by atoms with E-state index in [4.69, 9.17) is 5.73 Å². The first-order chi connectivity index (χ1) is 9.02. The van der Waals surface area contributed by atoms with E-state index < -0.39 is 0 Å². The molecule has 0 radical (unpaired) electrons. The lowest BCUT2D eigenvalue weighted by Crippen LogP contribution is -2.26. The number of carbonyl (C=O) groups is 1. The van der Waals surface area contributed by atoms with Crippen molar-refractivity contribution in [2.24, 2.45) is 16.6 Å². The van der Waals surface area contributed by atoms with Gasteiger partial charge in [0.25, 0.3) is 0 Å². The molecule has 2 aliphatic carbocycles. The molecule has 0 heterocycles. The molecule has 0 bridgehead atoms. The third-order valence-electron chi connectivity index (χ3n) is 3.65. The predicted octanol–water partition coefficient (Wildman–Crippen LogP) is 1.88. The Morgan fingerprint density at radius 1 is 1.42 bits per heavy atom. The van der Waals surface area contributed by atoms with Gasteiger partial charge >= 0.3 is 0 Å². The average Bonchev–Trinajstić information content (AvgIpc) is 3.15. The van der Waals surface area contributed by atoms with Gasteiger partial charge in [-0.05, 0) is 38.0 Å². The van der Waals surface area contributed by atoms with Gasteiger partial charge in [0.2, 0.25) is 0 Å². The van der Waals surface area contributed by atoms with Crippen LogP contribution in [0.1, 0.15) is 32.1 Å². The minimum absolute atomic E-state index is 0.0682. The standard InChI is InChI=1S/C15H23N3O/c1-17-13(8-10-4-5-10)14-12(16)7-6-11(15(14)19)9-18(2)3/h9-10H,4-8,16H2,1-3H3/b11-9+,17-13?. The summed E-state index contributed by atoms with van der Waals surface area (Å²) in [4.78, 5) is 18.8. The van der Waals surface area contributed by atoms with E-state index >= 15 is 0 Å². The van der Waals surface area contributed by atoms with Crippen LogP contribution in [0.4, 0.5) is 0 Å². The monoisotopic (exact) mass is 261 g/mol. The van der Waals surface area contributed by atoms with Crippen LogP contribution in [0.15, 0.2) is 28.0 Å². The average molecular weight is 261 g/mol. The Kier molecular flexibility index (Phi) is 4.08. The van der Waals surface area contributed by atoms with E-state index in [9.17, 15) is 4.79 Å². The molecule has 2 rings (SSSR count). The van der Waals surface area contributed by atoms with Crippen molar-refractivity contribution < 1.29 is 4.79 Å². The van der Waals surface area contributed by atoms with E-state index in [1.54, 1.807) is 7.05 Å². The van der Waals surface area contributed by atoms with Crippen LogP contribution < -0.4 is 5.73 Å². The summed E-state index contributed by atoms with van der Waals surface area (Å²) in [7, 11) is 5.62. The van der Waals surface area contributed by atoms with Crippen LogP contribution in [-0.4, -0.2) is 37.5 Å². The molecular formula is C15H23N3O. The number of Topliss-reactive ketones (excluding diaryl/α,β-unsaturated/α-hetero) is 1. The maximum absolute atomic E-state index is 12.6. The van der Waals surface area contributed by atoms with Crippen LogP contribution in [0.5, 0.6) is 0 Å². The molecule has 0 aromatic rings. The van der Waals surface area contributed by atoms with E-state index in [2.05, 4.69) is 4.99 Å². The number of ketones is 1. The number of allylic oxidation sites excluding steroid dienone is 3. The van der Waals surface area contributed by atoms with Crippen LogP contribution in [0, 0.1) is 5.92 Å². The molecule has 0 aliphatic heterocycles. The van der Waals surface area contributed by atoms with Crippen molar-refractivity contribution in [3.63, 3.8) is 0 Å². The molecule has 1 fully saturated rings. The third kappa shape index (κ3) is 3.25. The summed E-state index contributed by atoms with van der Waals surface area (Å²) < 4.78 is 0. The van der Waals surface area contributed by atoms with Crippen molar-refractivity contribution in [3.8, 4) is 0 Å². The van der Waals surface area contributed by atoms with Gasteiger partial charge in [0.15, 0.2) is 5.78 Å². The number of hydrogen-bond acceptors (Lipinski definition) is 4. The number of carbonyl (C=O) groups excluding carboxylic acids is 1. The van der Waals surface area contributed by atoms with Gasteiger partial charge in [-0.15, -0.1) is 0 Å². The Balaban J connectivity index is 2.27. The van der Waals surface area contributed by atoms with E-state index in [1.165, 1.54) is 12.8 Å². The Hall–Kier alpha value is -1.58. The van der Waals surface area contributed by atoms with Gasteiger partial charge in [0.1, 0.15) is 0 Å². The Bertz CT molecular complexity index is 468. The summed E-state index contributed by atoms with van der Waals surface area (Å²) in [6, 6.07) is 0. The Morgan fingerprint density at radius 2 is 2.11 bits per heavy atom. The Morgan fingerprint density at radius 3 is 2.63 bits per heavy atom. The molecule has 4 heteroatoms. The molecule has 19 heavy (non-hydrogen) atoms. The largest absolute Gasteiger partial charge is 0.401 e. The molecule has 2 N–H and O–H groups in total. The van der Waals surface area contributed by atoms with Gasteiger partial charge in [-0.1, -0.05) is 0 Å². The lowest BCUT2D eigenvalue weighted by molar-refractivity contribution is -0.112. The van der Waals surface area contributed by atoms with Gasteiger partial charge in [0, 0.05) is 44.3 Å². The van der Waals surface area contributed by atoms with E-state index in [0.717, 1.165) is 30.5 Å². The molecule has 0 aromatic heterocycles.